The summed E-state index contributed by atoms with van der Waals surface area (Å²) in [6, 6.07) is 13.5. The molecule has 1 aliphatic rings. The largest absolute Gasteiger partial charge is 0.497 e. The molecule has 1 saturated heterocycles. The van der Waals surface area contributed by atoms with Crippen molar-refractivity contribution in [2.45, 2.75) is 4.90 Å². The van der Waals surface area contributed by atoms with Gasteiger partial charge in [0, 0.05) is 30.7 Å². The van der Waals surface area contributed by atoms with E-state index in [9.17, 15) is 13.2 Å². The second-order valence-corrected chi connectivity index (χ2v) is 8.64. The predicted octanol–water partition coefficient (Wildman–Crippen LogP) is 2.60. The molecular weight excluding hydrogens is 420 g/mol. The van der Waals surface area contributed by atoms with Gasteiger partial charge >= 0.3 is 0 Å². The minimum atomic E-state index is -3.58. The summed E-state index contributed by atoms with van der Waals surface area (Å²) < 4.78 is 32.7. The van der Waals surface area contributed by atoms with Crippen LogP contribution < -0.4 is 4.74 Å². The minimum Gasteiger partial charge on any atom is -0.497 e. The van der Waals surface area contributed by atoms with Crippen LogP contribution in [0.15, 0.2) is 57.9 Å². The van der Waals surface area contributed by atoms with E-state index in [-0.39, 0.29) is 23.9 Å². The number of piperazine rings is 1. The van der Waals surface area contributed by atoms with Gasteiger partial charge in [0.25, 0.3) is 5.91 Å². The topological polar surface area (TPSA) is 66.9 Å². The van der Waals surface area contributed by atoms with Gasteiger partial charge in [-0.05, 0) is 52.3 Å². The molecule has 2 aromatic rings. The average molecular weight is 439 g/mol. The lowest BCUT2D eigenvalue weighted by Gasteiger charge is -2.34. The molecule has 0 aliphatic carbocycles. The van der Waals surface area contributed by atoms with Crippen LogP contribution in [0, 0.1) is 0 Å². The van der Waals surface area contributed by atoms with Gasteiger partial charge in [-0.1, -0.05) is 12.1 Å². The van der Waals surface area contributed by atoms with Gasteiger partial charge in [-0.3, -0.25) is 4.79 Å². The summed E-state index contributed by atoms with van der Waals surface area (Å²) >= 11 is 3.39. The highest BCUT2D eigenvalue weighted by molar-refractivity contribution is 9.10. The van der Waals surface area contributed by atoms with E-state index in [0.717, 1.165) is 4.47 Å². The zero-order valence-electron chi connectivity index (χ0n) is 14.3. The molecule has 0 N–H and O–H groups in total. The van der Waals surface area contributed by atoms with Gasteiger partial charge in [0.1, 0.15) is 5.75 Å². The summed E-state index contributed by atoms with van der Waals surface area (Å²) in [6.45, 7) is 1.25. The summed E-state index contributed by atoms with van der Waals surface area (Å²) in [6.07, 6.45) is 0. The van der Waals surface area contributed by atoms with Crippen molar-refractivity contribution in [2.24, 2.45) is 0 Å². The normalized spacial score (nSPS) is 15.7. The Morgan fingerprint density at radius 1 is 1.00 bits per heavy atom. The molecule has 0 unspecified atom stereocenters. The Balaban J connectivity index is 1.69. The van der Waals surface area contributed by atoms with Gasteiger partial charge in [0.05, 0.1) is 17.6 Å². The minimum absolute atomic E-state index is 0.0982. The number of methoxy groups -OCH3 is 1. The van der Waals surface area contributed by atoms with Crippen molar-refractivity contribution in [3.05, 3.63) is 58.6 Å². The van der Waals surface area contributed by atoms with Crippen LogP contribution in [0.25, 0.3) is 0 Å². The average Bonchev–Trinajstić information content (AvgIpc) is 2.68. The molecule has 0 aromatic heterocycles. The third-order valence-corrected chi connectivity index (χ3v) is 6.93. The Kier molecular flexibility index (Phi) is 5.64. The van der Waals surface area contributed by atoms with E-state index in [0.29, 0.717) is 24.4 Å². The fourth-order valence-electron chi connectivity index (χ4n) is 2.83. The number of nitrogens with zero attached hydrogens (tertiary/aromatic N) is 2. The summed E-state index contributed by atoms with van der Waals surface area (Å²) in [5.74, 6) is 0.506. The first-order valence-electron chi connectivity index (χ1n) is 8.11. The van der Waals surface area contributed by atoms with Crippen molar-refractivity contribution >= 4 is 31.9 Å². The standard InChI is InChI=1S/C18H19BrN2O4S/c1-25-14-6-8-15(9-7-14)26(23,24)21-12-10-20(11-13-21)18(22)16-4-2-3-5-17(16)19/h2-9H,10-13H2,1H3. The maximum Gasteiger partial charge on any atom is 0.255 e. The van der Waals surface area contributed by atoms with Crippen LogP contribution >= 0.6 is 15.9 Å². The Labute approximate surface area is 161 Å². The van der Waals surface area contributed by atoms with Crippen LogP contribution in [0.1, 0.15) is 10.4 Å². The summed E-state index contributed by atoms with van der Waals surface area (Å²) in [4.78, 5) is 14.5. The molecule has 3 rings (SSSR count). The first kappa shape index (κ1) is 18.9. The number of halogens is 1. The van der Waals surface area contributed by atoms with E-state index in [1.165, 1.54) is 23.5 Å². The van der Waals surface area contributed by atoms with E-state index in [2.05, 4.69) is 15.9 Å². The number of amides is 1. The Morgan fingerprint density at radius 3 is 2.19 bits per heavy atom. The van der Waals surface area contributed by atoms with Crippen LogP contribution in [-0.4, -0.2) is 56.8 Å². The van der Waals surface area contributed by atoms with E-state index in [1.54, 1.807) is 23.1 Å². The highest BCUT2D eigenvalue weighted by atomic mass is 79.9. The number of rotatable bonds is 4. The fourth-order valence-corrected chi connectivity index (χ4v) is 4.71. The van der Waals surface area contributed by atoms with E-state index < -0.39 is 10.0 Å². The highest BCUT2D eigenvalue weighted by Crippen LogP contribution is 2.22. The van der Waals surface area contributed by atoms with E-state index in [1.807, 2.05) is 18.2 Å². The number of carbonyl (C=O) groups excluding carboxylic acids is 1. The number of hydrogen-bond acceptors (Lipinski definition) is 4. The number of benzene rings is 2. The number of ether oxygens (including phenoxy) is 1. The van der Waals surface area contributed by atoms with Crippen molar-refractivity contribution in [1.82, 2.24) is 9.21 Å². The monoisotopic (exact) mass is 438 g/mol. The Hall–Kier alpha value is -1.90. The molecule has 138 valence electrons. The highest BCUT2D eigenvalue weighted by Gasteiger charge is 2.30. The zero-order chi connectivity index (χ0) is 18.7. The fraction of sp³-hybridized carbons (Fsp3) is 0.278. The van der Waals surface area contributed by atoms with Gasteiger partial charge in [-0.25, -0.2) is 8.42 Å². The number of sulfonamides is 1. The second kappa shape index (κ2) is 7.77. The quantitative estimate of drug-likeness (QED) is 0.735. The van der Waals surface area contributed by atoms with Gasteiger partial charge in [0.2, 0.25) is 10.0 Å². The van der Waals surface area contributed by atoms with Gasteiger partial charge in [-0.2, -0.15) is 4.31 Å². The van der Waals surface area contributed by atoms with E-state index >= 15 is 0 Å². The lowest BCUT2D eigenvalue weighted by Crippen LogP contribution is -2.50. The molecule has 0 spiro atoms. The van der Waals surface area contributed by atoms with Gasteiger partial charge in [0.15, 0.2) is 0 Å². The first-order valence-corrected chi connectivity index (χ1v) is 10.3. The third kappa shape index (κ3) is 3.77. The molecule has 1 fully saturated rings. The molecule has 1 amide bonds. The van der Waals surface area contributed by atoms with Gasteiger partial charge in [-0.15, -0.1) is 0 Å². The van der Waals surface area contributed by atoms with Crippen molar-refractivity contribution in [3.63, 3.8) is 0 Å². The Bertz CT molecular complexity index is 892. The SMILES string of the molecule is COc1ccc(S(=O)(=O)N2CCN(C(=O)c3ccccc3Br)CC2)cc1. The van der Waals surface area contributed by atoms with E-state index in [4.69, 9.17) is 4.74 Å². The van der Waals surface area contributed by atoms with Crippen LogP contribution in [0.2, 0.25) is 0 Å². The number of hydrogen-bond donors (Lipinski definition) is 0. The van der Waals surface area contributed by atoms with Crippen molar-refractivity contribution < 1.29 is 17.9 Å². The molecule has 26 heavy (non-hydrogen) atoms. The molecule has 1 aliphatic heterocycles. The van der Waals surface area contributed by atoms with Crippen LogP contribution in [0.4, 0.5) is 0 Å². The predicted molar refractivity (Wildman–Crippen MR) is 102 cm³/mol. The molecule has 6 nitrogen and oxygen atoms in total. The Morgan fingerprint density at radius 2 is 1.62 bits per heavy atom. The lowest BCUT2D eigenvalue weighted by atomic mass is 10.2. The molecule has 0 atom stereocenters. The first-order chi connectivity index (χ1) is 12.4. The third-order valence-electron chi connectivity index (χ3n) is 4.33. The molecule has 2 aromatic carbocycles. The summed E-state index contributed by atoms with van der Waals surface area (Å²) in [5.41, 5.74) is 0.582. The van der Waals surface area contributed by atoms with Crippen molar-refractivity contribution in [3.8, 4) is 5.75 Å². The van der Waals surface area contributed by atoms with Crippen LogP contribution in [0.3, 0.4) is 0 Å². The molecular formula is C18H19BrN2O4S. The van der Waals surface area contributed by atoms with Crippen LogP contribution in [-0.2, 0) is 10.0 Å². The molecule has 0 bridgehead atoms. The smallest absolute Gasteiger partial charge is 0.255 e. The second-order valence-electron chi connectivity index (χ2n) is 5.85. The zero-order valence-corrected chi connectivity index (χ0v) is 16.7. The maximum absolute atomic E-state index is 12.8. The molecule has 1 heterocycles. The van der Waals surface area contributed by atoms with Crippen molar-refractivity contribution in [2.75, 3.05) is 33.3 Å². The lowest BCUT2D eigenvalue weighted by molar-refractivity contribution is 0.0697. The summed E-state index contributed by atoms with van der Waals surface area (Å²) in [5, 5.41) is 0. The van der Waals surface area contributed by atoms with Crippen molar-refractivity contribution in [1.29, 1.82) is 0 Å². The summed E-state index contributed by atoms with van der Waals surface area (Å²) in [7, 11) is -2.05. The molecule has 0 radical (unpaired) electrons. The molecule has 0 saturated carbocycles. The molecule has 8 heteroatoms. The van der Waals surface area contributed by atoms with Crippen LogP contribution in [0.5, 0.6) is 5.75 Å². The van der Waals surface area contributed by atoms with Gasteiger partial charge < -0.3 is 9.64 Å². The number of carbonyl (C=O) groups is 1. The maximum atomic E-state index is 12.8.